The largest absolute Gasteiger partial charge is 0.383 e. The first-order valence-electron chi connectivity index (χ1n) is 10.3. The summed E-state index contributed by atoms with van der Waals surface area (Å²) in [5, 5.41) is 6.19. The van der Waals surface area contributed by atoms with Gasteiger partial charge in [-0.2, -0.15) is 0 Å². The van der Waals surface area contributed by atoms with Crippen molar-refractivity contribution in [1.82, 2.24) is 25.3 Å². The second kappa shape index (κ2) is 15.0. The fourth-order valence-corrected chi connectivity index (χ4v) is 2.74. The molecule has 0 aromatic heterocycles. The number of nitrogens with one attached hydrogen (secondary N) is 2. The number of methoxy groups -OCH3 is 1. The molecule has 1 aliphatic heterocycles. The van der Waals surface area contributed by atoms with E-state index in [4.69, 9.17) is 9.47 Å². The molecule has 10 nitrogen and oxygen atoms in total. The van der Waals surface area contributed by atoms with E-state index in [1.165, 1.54) is 4.90 Å². The number of hydrogen-bond acceptors (Lipinski definition) is 6. The predicted molar refractivity (Wildman–Crippen MR) is 113 cm³/mol. The molecule has 0 bridgehead atoms. The lowest BCUT2D eigenvalue weighted by molar-refractivity contribution is -0.127. The normalized spacial score (nSPS) is 15.3. The summed E-state index contributed by atoms with van der Waals surface area (Å²) in [5.74, 6) is 0.709. The van der Waals surface area contributed by atoms with Gasteiger partial charge in [-0.3, -0.25) is 14.5 Å². The summed E-state index contributed by atoms with van der Waals surface area (Å²) >= 11 is 0. The maximum atomic E-state index is 12.0. The number of rotatable bonds is 12. The Hall–Kier alpha value is -1.91. The summed E-state index contributed by atoms with van der Waals surface area (Å²) in [7, 11) is 5.06. The highest BCUT2D eigenvalue weighted by Gasteiger charge is 2.21. The first kappa shape index (κ1) is 25.1. The van der Waals surface area contributed by atoms with E-state index >= 15 is 0 Å². The summed E-state index contributed by atoms with van der Waals surface area (Å²) in [4.78, 5) is 34.2. The minimum Gasteiger partial charge on any atom is -0.383 e. The van der Waals surface area contributed by atoms with Crippen molar-refractivity contribution in [2.24, 2.45) is 4.99 Å². The number of amides is 2. The number of hydrogen-bond donors (Lipinski definition) is 2. The molecule has 0 aromatic rings. The number of carbonyl (C=O) groups excluding carboxylic acids is 2. The van der Waals surface area contributed by atoms with Crippen molar-refractivity contribution < 1.29 is 19.1 Å². The van der Waals surface area contributed by atoms with Crippen molar-refractivity contribution in [1.29, 1.82) is 0 Å². The standard InChI is InChI=1S/C19H38N6O4/c1-5-29-13-6-7-21-19(22-15-18(27)23(2)3)25-11-9-24(10-12-25)16-17(26)20-8-14-28-4/h5-16H2,1-4H3,(H,20,26)(H,21,22). The van der Waals surface area contributed by atoms with Gasteiger partial charge >= 0.3 is 0 Å². The number of aliphatic imine (C=N–C) groups is 1. The topological polar surface area (TPSA) is 98.7 Å². The monoisotopic (exact) mass is 414 g/mol. The number of likely N-dealkylation sites (N-methyl/N-ethyl adjacent to an activating group) is 1. The Bertz CT molecular complexity index is 507. The molecule has 10 heteroatoms. The molecule has 0 atom stereocenters. The van der Waals surface area contributed by atoms with Crippen LogP contribution in [0.1, 0.15) is 13.3 Å². The fourth-order valence-electron chi connectivity index (χ4n) is 2.74. The van der Waals surface area contributed by atoms with Crippen molar-refractivity contribution in [3.05, 3.63) is 0 Å². The van der Waals surface area contributed by atoms with E-state index in [0.29, 0.717) is 32.9 Å². The van der Waals surface area contributed by atoms with E-state index < -0.39 is 0 Å². The molecule has 0 spiro atoms. The lowest BCUT2D eigenvalue weighted by Gasteiger charge is -2.36. The summed E-state index contributed by atoms with van der Waals surface area (Å²) in [6.45, 7) is 8.67. The van der Waals surface area contributed by atoms with Crippen LogP contribution in [0.2, 0.25) is 0 Å². The zero-order valence-corrected chi connectivity index (χ0v) is 18.4. The van der Waals surface area contributed by atoms with Gasteiger partial charge in [0.2, 0.25) is 11.8 Å². The Morgan fingerprint density at radius 1 is 1.07 bits per heavy atom. The van der Waals surface area contributed by atoms with Crippen LogP contribution in [0.15, 0.2) is 4.99 Å². The van der Waals surface area contributed by atoms with Crippen LogP contribution in [0.25, 0.3) is 0 Å². The number of guanidine groups is 1. The summed E-state index contributed by atoms with van der Waals surface area (Å²) in [5.41, 5.74) is 0. The minimum atomic E-state index is -0.0371. The third-order valence-electron chi connectivity index (χ3n) is 4.48. The van der Waals surface area contributed by atoms with Crippen molar-refractivity contribution in [2.75, 3.05) is 93.4 Å². The molecule has 0 aromatic carbocycles. The van der Waals surface area contributed by atoms with Gasteiger partial charge in [0, 0.05) is 73.7 Å². The fraction of sp³-hybridized carbons (Fsp3) is 0.842. The Kier molecular flexibility index (Phi) is 13.0. The Morgan fingerprint density at radius 3 is 2.41 bits per heavy atom. The van der Waals surface area contributed by atoms with Crippen molar-refractivity contribution in [2.45, 2.75) is 13.3 Å². The summed E-state index contributed by atoms with van der Waals surface area (Å²) in [6.07, 6.45) is 0.871. The highest BCUT2D eigenvalue weighted by molar-refractivity contribution is 5.85. The molecule has 168 valence electrons. The summed E-state index contributed by atoms with van der Waals surface area (Å²) in [6, 6.07) is 0. The van der Waals surface area contributed by atoms with Crippen LogP contribution in [0, 0.1) is 0 Å². The van der Waals surface area contributed by atoms with E-state index in [1.54, 1.807) is 21.2 Å². The maximum absolute atomic E-state index is 12.0. The molecular weight excluding hydrogens is 376 g/mol. The molecule has 1 aliphatic rings. The van der Waals surface area contributed by atoms with Crippen LogP contribution < -0.4 is 10.6 Å². The second-order valence-corrected chi connectivity index (χ2v) is 7.01. The molecule has 0 unspecified atom stereocenters. The molecule has 2 N–H and O–H groups in total. The van der Waals surface area contributed by atoms with Crippen LogP contribution >= 0.6 is 0 Å². The van der Waals surface area contributed by atoms with Crippen LogP contribution in [0.3, 0.4) is 0 Å². The first-order valence-corrected chi connectivity index (χ1v) is 10.3. The molecule has 0 radical (unpaired) electrons. The van der Waals surface area contributed by atoms with Gasteiger partial charge in [-0.15, -0.1) is 0 Å². The molecule has 1 fully saturated rings. The molecule has 0 aliphatic carbocycles. The molecular formula is C19H38N6O4. The van der Waals surface area contributed by atoms with E-state index in [9.17, 15) is 9.59 Å². The van der Waals surface area contributed by atoms with Crippen molar-refractivity contribution in [3.63, 3.8) is 0 Å². The molecule has 29 heavy (non-hydrogen) atoms. The predicted octanol–water partition coefficient (Wildman–Crippen LogP) is -1.17. The molecule has 1 saturated heterocycles. The second-order valence-electron chi connectivity index (χ2n) is 7.01. The van der Waals surface area contributed by atoms with E-state index in [-0.39, 0.29) is 18.4 Å². The third-order valence-corrected chi connectivity index (χ3v) is 4.48. The van der Waals surface area contributed by atoms with Crippen molar-refractivity contribution >= 4 is 17.8 Å². The van der Waals surface area contributed by atoms with Gasteiger partial charge in [0.1, 0.15) is 6.54 Å². The van der Waals surface area contributed by atoms with Crippen LogP contribution in [-0.2, 0) is 19.1 Å². The Labute approximate surface area is 174 Å². The van der Waals surface area contributed by atoms with Crippen LogP contribution in [0.4, 0.5) is 0 Å². The third kappa shape index (κ3) is 11.0. The lowest BCUT2D eigenvalue weighted by atomic mass is 10.3. The Morgan fingerprint density at radius 2 is 1.79 bits per heavy atom. The smallest absolute Gasteiger partial charge is 0.243 e. The number of piperazine rings is 1. The minimum absolute atomic E-state index is 0.00928. The maximum Gasteiger partial charge on any atom is 0.243 e. The number of ether oxygens (including phenoxy) is 2. The first-order chi connectivity index (χ1) is 14.0. The van der Waals surface area contributed by atoms with E-state index in [2.05, 4.69) is 25.4 Å². The number of carbonyl (C=O) groups is 2. The number of nitrogens with zero attached hydrogens (tertiary/aromatic N) is 4. The zero-order chi connectivity index (χ0) is 21.5. The zero-order valence-electron chi connectivity index (χ0n) is 18.4. The van der Waals surface area contributed by atoms with Crippen molar-refractivity contribution in [3.8, 4) is 0 Å². The van der Waals surface area contributed by atoms with Gasteiger partial charge in [0.05, 0.1) is 13.2 Å². The van der Waals surface area contributed by atoms with E-state index in [1.807, 2.05) is 6.92 Å². The highest BCUT2D eigenvalue weighted by Crippen LogP contribution is 2.03. The van der Waals surface area contributed by atoms with Crippen LogP contribution in [-0.4, -0.2) is 126 Å². The molecule has 2 amide bonds. The van der Waals surface area contributed by atoms with Gasteiger partial charge in [-0.05, 0) is 13.3 Å². The Balaban J connectivity index is 2.50. The van der Waals surface area contributed by atoms with Gasteiger partial charge in [-0.1, -0.05) is 0 Å². The van der Waals surface area contributed by atoms with Gasteiger partial charge in [0.15, 0.2) is 5.96 Å². The van der Waals surface area contributed by atoms with E-state index in [0.717, 1.165) is 45.1 Å². The van der Waals surface area contributed by atoms with Gasteiger partial charge < -0.3 is 29.9 Å². The average molecular weight is 415 g/mol. The molecule has 1 heterocycles. The molecule has 0 saturated carbocycles. The summed E-state index contributed by atoms with van der Waals surface area (Å²) < 4.78 is 10.3. The van der Waals surface area contributed by atoms with Gasteiger partial charge in [0.25, 0.3) is 0 Å². The lowest BCUT2D eigenvalue weighted by Crippen LogP contribution is -2.54. The molecule has 1 rings (SSSR count). The van der Waals surface area contributed by atoms with Crippen LogP contribution in [0.5, 0.6) is 0 Å². The average Bonchev–Trinajstić information content (AvgIpc) is 2.70. The quantitative estimate of drug-likeness (QED) is 0.236. The van der Waals surface area contributed by atoms with Gasteiger partial charge in [-0.25, -0.2) is 4.99 Å². The highest BCUT2D eigenvalue weighted by atomic mass is 16.5. The SMILES string of the molecule is CCOCCCNC(=NCC(=O)N(C)C)N1CCN(CC(=O)NCCOC)CC1.